The van der Waals surface area contributed by atoms with Gasteiger partial charge in [-0.05, 0) is 122 Å². The van der Waals surface area contributed by atoms with Crippen molar-refractivity contribution < 1.29 is 19.4 Å². The molecule has 0 aliphatic heterocycles. The first-order valence-corrected chi connectivity index (χ1v) is 15.7. The van der Waals surface area contributed by atoms with E-state index in [2.05, 4.69) is 55.0 Å². The second-order valence-electron chi connectivity index (χ2n) is 16.1. The van der Waals surface area contributed by atoms with Crippen LogP contribution in [-0.2, 0) is 14.3 Å². The van der Waals surface area contributed by atoms with Crippen LogP contribution in [0.3, 0.4) is 0 Å². The molecule has 5 rings (SSSR count). The van der Waals surface area contributed by atoms with E-state index in [1.54, 1.807) is 0 Å². The Hall–Kier alpha value is -1.32. The van der Waals surface area contributed by atoms with Crippen LogP contribution in [0.2, 0.25) is 0 Å². The van der Waals surface area contributed by atoms with E-state index in [1.807, 2.05) is 0 Å². The van der Waals surface area contributed by atoms with Crippen LogP contribution in [0.5, 0.6) is 0 Å². The standard InChI is InChI=1S/C34H54O4/c1-21(2)22-13-16-31(5)19-20-33(7)23(29(22)31)9-10-25-32(6)17-15-26(38-28(37)12-11-27(35)36)30(3,4)24(32)14-18-34(25,33)8/h22-26,29H,1,9-20H2,2-8H3,(H,35,36)/t22-,23+,24-,25+,26?,29+,31+,32-,33+,34+/m0/s1. The number of aliphatic carboxylic acids is 1. The lowest BCUT2D eigenvalue weighted by molar-refractivity contribution is -0.249. The van der Waals surface area contributed by atoms with E-state index >= 15 is 0 Å². The average Bonchev–Trinajstić information content (AvgIpc) is 3.18. The van der Waals surface area contributed by atoms with Crippen molar-refractivity contribution in [3.05, 3.63) is 12.2 Å². The molecule has 1 N–H and O–H groups in total. The summed E-state index contributed by atoms with van der Waals surface area (Å²) in [5.74, 6) is 2.21. The summed E-state index contributed by atoms with van der Waals surface area (Å²) >= 11 is 0. The third-order valence-electron chi connectivity index (χ3n) is 14.2. The molecule has 38 heavy (non-hydrogen) atoms. The molecule has 0 aromatic carbocycles. The molecule has 0 aromatic rings. The Morgan fingerprint density at radius 3 is 2.18 bits per heavy atom. The van der Waals surface area contributed by atoms with E-state index in [4.69, 9.17) is 9.84 Å². The maximum absolute atomic E-state index is 12.5. The van der Waals surface area contributed by atoms with Gasteiger partial charge in [0.15, 0.2) is 0 Å². The van der Waals surface area contributed by atoms with Gasteiger partial charge >= 0.3 is 11.9 Å². The molecule has 0 saturated heterocycles. The fourth-order valence-electron chi connectivity index (χ4n) is 12.1. The topological polar surface area (TPSA) is 63.6 Å². The summed E-state index contributed by atoms with van der Waals surface area (Å²) in [5, 5.41) is 8.99. The summed E-state index contributed by atoms with van der Waals surface area (Å²) in [6, 6.07) is 0. The van der Waals surface area contributed by atoms with Gasteiger partial charge in [-0.1, -0.05) is 53.7 Å². The number of carbonyl (C=O) groups excluding carboxylic acids is 1. The van der Waals surface area contributed by atoms with Gasteiger partial charge in [0.1, 0.15) is 6.10 Å². The Labute approximate surface area is 231 Å². The third-order valence-corrected chi connectivity index (χ3v) is 14.2. The summed E-state index contributed by atoms with van der Waals surface area (Å²) in [5.41, 5.74) is 2.76. The quantitative estimate of drug-likeness (QED) is 0.288. The third kappa shape index (κ3) is 3.88. The summed E-state index contributed by atoms with van der Waals surface area (Å²) < 4.78 is 6.00. The van der Waals surface area contributed by atoms with Crippen molar-refractivity contribution in [2.24, 2.45) is 56.7 Å². The number of carbonyl (C=O) groups is 2. The summed E-state index contributed by atoms with van der Waals surface area (Å²) in [4.78, 5) is 23.5. The molecule has 0 radical (unpaired) electrons. The van der Waals surface area contributed by atoms with Gasteiger partial charge in [0.25, 0.3) is 0 Å². The number of carboxylic acid groups (broad SMARTS) is 1. The van der Waals surface area contributed by atoms with E-state index in [0.29, 0.717) is 34.0 Å². The zero-order valence-corrected chi connectivity index (χ0v) is 25.3. The molecule has 5 aliphatic rings. The molecule has 0 heterocycles. The minimum atomic E-state index is -0.941. The number of allylic oxidation sites excluding steroid dienone is 1. The van der Waals surface area contributed by atoms with Gasteiger partial charge < -0.3 is 9.84 Å². The van der Waals surface area contributed by atoms with E-state index in [1.165, 1.54) is 56.9 Å². The molecule has 0 bridgehead atoms. The molecule has 0 aromatic heterocycles. The highest BCUT2D eigenvalue weighted by Crippen LogP contribution is 2.77. The lowest BCUT2D eigenvalue weighted by Gasteiger charge is -2.73. The van der Waals surface area contributed by atoms with E-state index in [0.717, 1.165) is 24.7 Å². The zero-order chi connectivity index (χ0) is 27.9. The summed E-state index contributed by atoms with van der Waals surface area (Å²) in [6.45, 7) is 22.0. The van der Waals surface area contributed by atoms with Gasteiger partial charge in [-0.3, -0.25) is 9.59 Å². The van der Waals surface area contributed by atoms with E-state index in [9.17, 15) is 9.59 Å². The van der Waals surface area contributed by atoms with Crippen LogP contribution in [0, 0.1) is 56.7 Å². The minimum Gasteiger partial charge on any atom is -0.481 e. The molecule has 4 heteroatoms. The Balaban J connectivity index is 1.41. The molecule has 214 valence electrons. The number of hydrogen-bond donors (Lipinski definition) is 1. The number of ether oxygens (including phenoxy) is 1. The van der Waals surface area contributed by atoms with Crippen molar-refractivity contribution in [1.29, 1.82) is 0 Å². The van der Waals surface area contributed by atoms with Crippen molar-refractivity contribution >= 4 is 11.9 Å². The van der Waals surface area contributed by atoms with Crippen molar-refractivity contribution in [2.45, 2.75) is 132 Å². The highest BCUT2D eigenvalue weighted by Gasteiger charge is 2.70. The normalized spacial score (nSPS) is 49.1. The Morgan fingerprint density at radius 2 is 1.53 bits per heavy atom. The van der Waals surface area contributed by atoms with Gasteiger partial charge in [0.05, 0.1) is 12.8 Å². The molecule has 10 atom stereocenters. The summed E-state index contributed by atoms with van der Waals surface area (Å²) in [7, 11) is 0. The largest absolute Gasteiger partial charge is 0.481 e. The van der Waals surface area contributed by atoms with Gasteiger partial charge in [0, 0.05) is 5.41 Å². The van der Waals surface area contributed by atoms with Gasteiger partial charge in [-0.15, -0.1) is 0 Å². The van der Waals surface area contributed by atoms with Crippen LogP contribution in [0.4, 0.5) is 0 Å². The highest BCUT2D eigenvalue weighted by atomic mass is 16.5. The van der Waals surface area contributed by atoms with E-state index < -0.39 is 5.97 Å². The van der Waals surface area contributed by atoms with Crippen LogP contribution >= 0.6 is 0 Å². The van der Waals surface area contributed by atoms with Crippen LogP contribution in [0.1, 0.15) is 126 Å². The fourth-order valence-corrected chi connectivity index (χ4v) is 12.1. The Kier molecular flexibility index (Phi) is 6.76. The van der Waals surface area contributed by atoms with Crippen molar-refractivity contribution in [2.75, 3.05) is 0 Å². The first-order valence-electron chi connectivity index (χ1n) is 15.7. The van der Waals surface area contributed by atoms with Crippen molar-refractivity contribution in [3.63, 3.8) is 0 Å². The lowest BCUT2D eigenvalue weighted by Crippen LogP contribution is -2.66. The average molecular weight is 527 g/mol. The maximum atomic E-state index is 12.5. The lowest BCUT2D eigenvalue weighted by atomic mass is 9.32. The van der Waals surface area contributed by atoms with E-state index in [-0.39, 0.29) is 35.7 Å². The van der Waals surface area contributed by atoms with Crippen molar-refractivity contribution in [3.8, 4) is 0 Å². The second kappa shape index (κ2) is 9.10. The summed E-state index contributed by atoms with van der Waals surface area (Å²) in [6.07, 6.45) is 12.3. The number of esters is 1. The Bertz CT molecular complexity index is 998. The van der Waals surface area contributed by atoms with Crippen LogP contribution in [-0.4, -0.2) is 23.1 Å². The molecular formula is C34H54O4. The number of rotatable bonds is 5. The van der Waals surface area contributed by atoms with Crippen LogP contribution in [0.15, 0.2) is 12.2 Å². The highest BCUT2D eigenvalue weighted by molar-refractivity contribution is 5.76. The second-order valence-corrected chi connectivity index (χ2v) is 16.1. The first kappa shape index (κ1) is 28.2. The zero-order valence-electron chi connectivity index (χ0n) is 25.3. The number of carboxylic acids is 1. The molecule has 0 spiro atoms. The van der Waals surface area contributed by atoms with Crippen LogP contribution in [0.25, 0.3) is 0 Å². The maximum Gasteiger partial charge on any atom is 0.306 e. The smallest absolute Gasteiger partial charge is 0.306 e. The molecule has 0 amide bonds. The molecule has 5 aliphatic carbocycles. The molecule has 1 unspecified atom stereocenters. The molecule has 4 nitrogen and oxygen atoms in total. The van der Waals surface area contributed by atoms with Crippen molar-refractivity contribution in [1.82, 2.24) is 0 Å². The van der Waals surface area contributed by atoms with Crippen LogP contribution < -0.4 is 0 Å². The minimum absolute atomic E-state index is 0.0322. The SMILES string of the molecule is C=C(C)[C@@H]1CC[C@]2(C)CC[C@]3(C)[C@H](CC[C@@H]4[C@@]5(C)CCC(OC(=O)CCC(=O)O)C(C)(C)[C@@H]5CC[C@]43C)[C@@H]12. The first-order chi connectivity index (χ1) is 17.6. The number of fused-ring (bicyclic) bond motifs is 7. The monoisotopic (exact) mass is 526 g/mol. The molecule has 5 fully saturated rings. The Morgan fingerprint density at radius 1 is 0.816 bits per heavy atom. The molecule has 5 saturated carbocycles. The predicted octanol–water partition coefficient (Wildman–Crippen LogP) is 8.44. The number of hydrogen-bond acceptors (Lipinski definition) is 3. The van der Waals surface area contributed by atoms with Gasteiger partial charge in [0.2, 0.25) is 0 Å². The van der Waals surface area contributed by atoms with Gasteiger partial charge in [-0.25, -0.2) is 0 Å². The molecular weight excluding hydrogens is 472 g/mol. The predicted molar refractivity (Wildman–Crippen MR) is 151 cm³/mol. The fraction of sp³-hybridized carbons (Fsp3) is 0.882. The van der Waals surface area contributed by atoms with Gasteiger partial charge in [-0.2, -0.15) is 0 Å².